The number of ketones is 2. The number of amides is 2. The molecule has 3 heterocycles. The second-order valence-corrected chi connectivity index (χ2v) is 11.1. The maximum Gasteiger partial charge on any atom is 0.353 e. The number of nitrogens with zero attached hydrogens (tertiary/aromatic N) is 2. The molecule has 0 spiro atoms. The Hall–Kier alpha value is -2.24. The summed E-state index contributed by atoms with van der Waals surface area (Å²) in [6.07, 6.45) is 0.773. The van der Waals surface area contributed by atoms with Gasteiger partial charge in [-0.15, -0.1) is 11.8 Å². The molecule has 0 aromatic carbocycles. The fraction of sp³-hybridized carbons (Fsp3) is 0.696. The van der Waals surface area contributed by atoms with Crippen LogP contribution in [0.25, 0.3) is 0 Å². The molecule has 3 N–H and O–H groups in total. The molecule has 3 rings (SSSR count). The predicted molar refractivity (Wildman–Crippen MR) is 127 cm³/mol. The number of thioether (sulfide) groups is 1. The average molecular weight is 495 g/mol. The maximum absolute atomic E-state index is 13.0. The molecule has 0 aliphatic carbocycles. The molecule has 0 radical (unpaired) electrons. The minimum absolute atomic E-state index is 0.00893. The monoisotopic (exact) mass is 494 g/mol. The van der Waals surface area contributed by atoms with E-state index in [1.165, 1.54) is 23.6 Å². The zero-order valence-electron chi connectivity index (χ0n) is 20.3. The molecule has 10 nitrogen and oxygen atoms in total. The molecule has 3 aliphatic rings. The van der Waals surface area contributed by atoms with Gasteiger partial charge in [0.2, 0.25) is 11.8 Å². The van der Waals surface area contributed by atoms with E-state index in [0.717, 1.165) is 0 Å². The summed E-state index contributed by atoms with van der Waals surface area (Å²) in [6, 6.07) is -0.588. The van der Waals surface area contributed by atoms with Gasteiger partial charge in [-0.25, -0.2) is 4.79 Å². The van der Waals surface area contributed by atoms with E-state index >= 15 is 0 Å². The first-order valence-electron chi connectivity index (χ1n) is 11.6. The summed E-state index contributed by atoms with van der Waals surface area (Å²) in [5.41, 5.74) is 0.0350. The van der Waals surface area contributed by atoms with E-state index < -0.39 is 11.9 Å². The fourth-order valence-corrected chi connectivity index (χ4v) is 6.65. The van der Waals surface area contributed by atoms with Crippen molar-refractivity contribution in [3.05, 3.63) is 10.6 Å². The van der Waals surface area contributed by atoms with Gasteiger partial charge in [-0.1, -0.05) is 13.8 Å². The summed E-state index contributed by atoms with van der Waals surface area (Å²) in [4.78, 5) is 64.4. The van der Waals surface area contributed by atoms with Crippen LogP contribution in [0.2, 0.25) is 0 Å². The first-order valence-corrected chi connectivity index (χ1v) is 12.5. The summed E-state index contributed by atoms with van der Waals surface area (Å²) in [6.45, 7) is 5.99. The van der Waals surface area contributed by atoms with Gasteiger partial charge in [-0.05, 0) is 19.3 Å². The number of nitrogens with one attached hydrogen (secondary N) is 2. The summed E-state index contributed by atoms with van der Waals surface area (Å²) in [5, 5.41) is 16.0. The number of carbonyl (C=O) groups excluding carboxylic acids is 4. The molecule has 0 unspecified atom stereocenters. The van der Waals surface area contributed by atoms with Crippen LogP contribution in [0, 0.1) is 17.8 Å². The van der Waals surface area contributed by atoms with Crippen molar-refractivity contribution in [1.29, 1.82) is 0 Å². The number of hydrogen-bond acceptors (Lipinski definition) is 8. The number of carbonyl (C=O) groups is 5. The Morgan fingerprint density at radius 1 is 1.26 bits per heavy atom. The predicted octanol–water partition coefficient (Wildman–Crippen LogP) is 0.0851. The standard InChI is InChI=1S/C23H34N4O6S/c1-11(6-14(29)9-24-8-12(2)28)17-18-13(3)20(19(23(32)33)27(18)22(17)31)34-15-7-16(25-10-15)21(30)26(4)5/h11,13,15-18,24-25H,6-10H2,1-5H3,(H,32,33)/t11-,13+,15-,16-,17+,18-/m0/s1. The molecule has 0 aromatic heterocycles. The summed E-state index contributed by atoms with van der Waals surface area (Å²) >= 11 is 1.45. The van der Waals surface area contributed by atoms with E-state index in [0.29, 0.717) is 17.9 Å². The lowest BCUT2D eigenvalue weighted by atomic mass is 9.73. The Morgan fingerprint density at radius 3 is 2.53 bits per heavy atom. The second-order valence-electron chi connectivity index (χ2n) is 9.73. The molecule has 2 saturated heterocycles. The molecule has 0 saturated carbocycles. The van der Waals surface area contributed by atoms with E-state index in [4.69, 9.17) is 0 Å². The lowest BCUT2D eigenvalue weighted by Crippen LogP contribution is -2.62. The second kappa shape index (κ2) is 10.6. The number of carboxylic acids is 1. The quantitative estimate of drug-likeness (QED) is 0.341. The van der Waals surface area contributed by atoms with Crippen LogP contribution in [-0.4, -0.2) is 95.3 Å². The Kier molecular flexibility index (Phi) is 8.20. The smallest absolute Gasteiger partial charge is 0.353 e. The van der Waals surface area contributed by atoms with Gasteiger partial charge in [0.1, 0.15) is 17.3 Å². The molecular formula is C23H34N4O6S. The largest absolute Gasteiger partial charge is 0.477 e. The Balaban J connectivity index is 1.67. The molecule has 34 heavy (non-hydrogen) atoms. The fourth-order valence-electron chi connectivity index (χ4n) is 5.18. The van der Waals surface area contributed by atoms with Crippen LogP contribution < -0.4 is 10.6 Å². The maximum atomic E-state index is 13.0. The number of carboxylic acid groups (broad SMARTS) is 1. The lowest BCUT2D eigenvalue weighted by Gasteiger charge is -2.47. The summed E-state index contributed by atoms with van der Waals surface area (Å²) < 4.78 is 0. The van der Waals surface area contributed by atoms with Crippen molar-refractivity contribution in [3.8, 4) is 0 Å². The molecule has 0 aromatic rings. The molecular weight excluding hydrogens is 460 g/mol. The minimum Gasteiger partial charge on any atom is -0.477 e. The first-order chi connectivity index (χ1) is 15.9. The highest BCUT2D eigenvalue weighted by molar-refractivity contribution is 8.03. The van der Waals surface area contributed by atoms with E-state index in [1.54, 1.807) is 19.0 Å². The number of β-lactam (4-membered cyclic amide) rings is 1. The van der Waals surface area contributed by atoms with Gasteiger partial charge in [0.05, 0.1) is 31.1 Å². The summed E-state index contributed by atoms with van der Waals surface area (Å²) in [5.74, 6) is -2.37. The zero-order valence-corrected chi connectivity index (χ0v) is 21.1. The molecule has 6 atom stereocenters. The zero-order chi connectivity index (χ0) is 25.3. The van der Waals surface area contributed by atoms with Crippen LogP contribution >= 0.6 is 11.8 Å². The molecule has 2 fully saturated rings. The summed E-state index contributed by atoms with van der Waals surface area (Å²) in [7, 11) is 3.41. The molecule has 188 valence electrons. The Labute approximate surface area is 203 Å². The lowest BCUT2D eigenvalue weighted by molar-refractivity contribution is -0.160. The Bertz CT molecular complexity index is 919. The van der Waals surface area contributed by atoms with E-state index in [-0.39, 0.29) is 77.8 Å². The van der Waals surface area contributed by atoms with E-state index in [9.17, 15) is 29.1 Å². The minimum atomic E-state index is -1.13. The molecule has 2 amide bonds. The van der Waals surface area contributed by atoms with Crippen LogP contribution in [0.1, 0.15) is 33.6 Å². The number of rotatable bonds is 11. The van der Waals surface area contributed by atoms with Crippen LogP contribution in [-0.2, 0) is 24.0 Å². The van der Waals surface area contributed by atoms with Gasteiger partial charge in [0, 0.05) is 43.1 Å². The van der Waals surface area contributed by atoms with Crippen LogP contribution in [0.15, 0.2) is 10.6 Å². The van der Waals surface area contributed by atoms with E-state index in [2.05, 4.69) is 10.6 Å². The highest BCUT2D eigenvalue weighted by atomic mass is 32.2. The van der Waals surface area contributed by atoms with Crippen molar-refractivity contribution in [2.75, 3.05) is 33.7 Å². The van der Waals surface area contributed by atoms with Gasteiger partial charge < -0.3 is 25.5 Å². The van der Waals surface area contributed by atoms with Gasteiger partial charge in [-0.2, -0.15) is 0 Å². The topological polar surface area (TPSA) is 136 Å². The van der Waals surface area contributed by atoms with Crippen molar-refractivity contribution in [1.82, 2.24) is 20.4 Å². The van der Waals surface area contributed by atoms with Crippen molar-refractivity contribution >= 4 is 41.1 Å². The molecule has 3 aliphatic heterocycles. The van der Waals surface area contributed by atoms with Gasteiger partial charge >= 0.3 is 5.97 Å². The Morgan fingerprint density at radius 2 is 1.94 bits per heavy atom. The average Bonchev–Trinajstić information content (AvgIpc) is 3.29. The highest BCUT2D eigenvalue weighted by Crippen LogP contribution is 2.53. The van der Waals surface area contributed by atoms with Gasteiger partial charge in [-0.3, -0.25) is 19.2 Å². The number of likely N-dealkylation sites (N-methyl/N-ethyl adjacent to an activating group) is 1. The normalized spacial score (nSPS) is 29.0. The van der Waals surface area contributed by atoms with Crippen molar-refractivity contribution in [2.24, 2.45) is 17.8 Å². The van der Waals surface area contributed by atoms with Crippen molar-refractivity contribution in [2.45, 2.75) is 50.9 Å². The molecule has 0 bridgehead atoms. The highest BCUT2D eigenvalue weighted by Gasteiger charge is 2.60. The van der Waals surface area contributed by atoms with Crippen LogP contribution in [0.3, 0.4) is 0 Å². The number of hydrogen-bond donors (Lipinski definition) is 3. The third kappa shape index (κ3) is 5.21. The van der Waals surface area contributed by atoms with E-state index in [1.807, 2.05) is 13.8 Å². The third-order valence-electron chi connectivity index (χ3n) is 6.77. The number of fused-ring (bicyclic) bond motifs is 1. The SMILES string of the molecule is CC(=O)CNCC(=O)C[C@H](C)[C@H]1C(=O)N2C(C(=O)O)=C(S[C@@H]3CN[C@H](C(=O)N(C)C)C3)[C@H](C)[C@@H]12. The number of Topliss-reactive ketones (excluding diaryl/α,β-unsaturated/α-hetero) is 2. The van der Waals surface area contributed by atoms with Crippen molar-refractivity contribution < 1.29 is 29.1 Å². The third-order valence-corrected chi connectivity index (χ3v) is 8.28. The number of aliphatic carboxylic acids is 1. The first kappa shape index (κ1) is 26.4. The molecule has 11 heteroatoms. The van der Waals surface area contributed by atoms with Crippen molar-refractivity contribution in [3.63, 3.8) is 0 Å². The van der Waals surface area contributed by atoms with Crippen LogP contribution in [0.5, 0.6) is 0 Å². The van der Waals surface area contributed by atoms with Crippen LogP contribution in [0.4, 0.5) is 0 Å². The van der Waals surface area contributed by atoms with Gasteiger partial charge in [0.15, 0.2) is 0 Å². The van der Waals surface area contributed by atoms with Gasteiger partial charge in [0.25, 0.3) is 0 Å².